The summed E-state index contributed by atoms with van der Waals surface area (Å²) in [7, 11) is 1.36. The first kappa shape index (κ1) is 21.8. The molecule has 174 valence electrons. The second kappa shape index (κ2) is 7.76. The van der Waals surface area contributed by atoms with Gasteiger partial charge in [-0.25, -0.2) is 25.4 Å². The highest BCUT2D eigenvalue weighted by molar-refractivity contribution is 5.93. The highest BCUT2D eigenvalue weighted by Gasteiger charge is 2.49. The van der Waals surface area contributed by atoms with Crippen LogP contribution in [0, 0.1) is 0 Å². The van der Waals surface area contributed by atoms with Crippen LogP contribution in [-0.2, 0) is 11.6 Å². The lowest BCUT2D eigenvalue weighted by Gasteiger charge is -2.16. The lowest BCUT2D eigenvalue weighted by Crippen LogP contribution is -2.19. The van der Waals surface area contributed by atoms with E-state index in [9.17, 15) is 18.0 Å². The number of halogens is 3. The molecule has 1 aromatic carbocycles. The number of carbonyl (C=O) groups is 1. The molecule has 12 heteroatoms. The van der Waals surface area contributed by atoms with Crippen molar-refractivity contribution in [1.82, 2.24) is 29.8 Å². The van der Waals surface area contributed by atoms with E-state index in [4.69, 9.17) is 9.94 Å². The Morgan fingerprint density at radius 2 is 1.88 bits per heavy atom. The van der Waals surface area contributed by atoms with Gasteiger partial charge in [-0.1, -0.05) is 12.1 Å². The SMILES string of the molecule is COc1cc2nc(C(F)(F)F)c(-c3ccnc(C4(c5ccc(C(=O)NO)cc5)CC4)n3)n2cn1. The first-order chi connectivity index (χ1) is 16.3. The van der Waals surface area contributed by atoms with E-state index in [1.54, 1.807) is 29.7 Å². The van der Waals surface area contributed by atoms with Gasteiger partial charge in [0.15, 0.2) is 5.69 Å². The molecule has 1 fully saturated rings. The van der Waals surface area contributed by atoms with E-state index in [2.05, 4.69) is 19.9 Å². The molecule has 0 spiro atoms. The fourth-order valence-electron chi connectivity index (χ4n) is 3.98. The summed E-state index contributed by atoms with van der Waals surface area (Å²) in [5.41, 5.74) is 0.823. The molecule has 2 N–H and O–H groups in total. The number of imidazole rings is 1. The smallest absolute Gasteiger partial charge is 0.435 e. The number of benzene rings is 1. The van der Waals surface area contributed by atoms with Crippen LogP contribution < -0.4 is 10.2 Å². The average molecular weight is 470 g/mol. The van der Waals surface area contributed by atoms with E-state index >= 15 is 0 Å². The van der Waals surface area contributed by atoms with Crippen LogP contribution in [0.1, 0.15) is 40.3 Å². The molecule has 1 amide bonds. The van der Waals surface area contributed by atoms with Crippen molar-refractivity contribution in [3.63, 3.8) is 0 Å². The minimum Gasteiger partial charge on any atom is -0.481 e. The fraction of sp³-hybridized carbons (Fsp3) is 0.227. The first-order valence-electron chi connectivity index (χ1n) is 10.1. The molecule has 4 aromatic rings. The van der Waals surface area contributed by atoms with Crippen LogP contribution in [0.25, 0.3) is 17.0 Å². The maximum atomic E-state index is 13.9. The van der Waals surface area contributed by atoms with Crippen LogP contribution >= 0.6 is 0 Å². The molecule has 3 heterocycles. The molecule has 1 saturated carbocycles. The molecular formula is C22H17F3N6O3. The molecule has 0 saturated heterocycles. The summed E-state index contributed by atoms with van der Waals surface area (Å²) in [6.07, 6.45) is -0.701. The Labute approximate surface area is 190 Å². The van der Waals surface area contributed by atoms with Crippen LogP contribution in [0.3, 0.4) is 0 Å². The lowest BCUT2D eigenvalue weighted by molar-refractivity contribution is -0.140. The van der Waals surface area contributed by atoms with E-state index < -0.39 is 23.2 Å². The van der Waals surface area contributed by atoms with Gasteiger partial charge in [-0.2, -0.15) is 13.2 Å². The Morgan fingerprint density at radius 3 is 2.50 bits per heavy atom. The van der Waals surface area contributed by atoms with Crippen molar-refractivity contribution in [2.45, 2.75) is 24.4 Å². The third kappa shape index (κ3) is 3.52. The van der Waals surface area contributed by atoms with Gasteiger partial charge in [0.2, 0.25) is 5.88 Å². The number of aromatic nitrogens is 5. The Kier molecular flexibility index (Phi) is 4.97. The third-order valence-corrected chi connectivity index (χ3v) is 5.85. The van der Waals surface area contributed by atoms with E-state index in [-0.39, 0.29) is 28.5 Å². The summed E-state index contributed by atoms with van der Waals surface area (Å²) in [6.45, 7) is 0. The largest absolute Gasteiger partial charge is 0.481 e. The summed E-state index contributed by atoms with van der Waals surface area (Å²) in [4.78, 5) is 28.2. The number of methoxy groups -OCH3 is 1. The van der Waals surface area contributed by atoms with Gasteiger partial charge in [0, 0.05) is 17.8 Å². The lowest BCUT2D eigenvalue weighted by atomic mass is 9.93. The minimum absolute atomic E-state index is 0.0215. The zero-order valence-corrected chi connectivity index (χ0v) is 17.7. The minimum atomic E-state index is -4.72. The van der Waals surface area contributed by atoms with Gasteiger partial charge in [0.25, 0.3) is 5.91 Å². The van der Waals surface area contributed by atoms with Crippen molar-refractivity contribution >= 4 is 11.6 Å². The highest BCUT2D eigenvalue weighted by Crippen LogP contribution is 2.52. The van der Waals surface area contributed by atoms with Crippen molar-refractivity contribution < 1.29 is 27.9 Å². The molecule has 34 heavy (non-hydrogen) atoms. The number of nitrogens with zero attached hydrogens (tertiary/aromatic N) is 5. The summed E-state index contributed by atoms with van der Waals surface area (Å²) < 4.78 is 47.9. The summed E-state index contributed by atoms with van der Waals surface area (Å²) >= 11 is 0. The third-order valence-electron chi connectivity index (χ3n) is 5.85. The van der Waals surface area contributed by atoms with Gasteiger partial charge >= 0.3 is 6.18 Å². The van der Waals surface area contributed by atoms with Gasteiger partial charge in [0.1, 0.15) is 23.5 Å². The van der Waals surface area contributed by atoms with Gasteiger partial charge in [-0.15, -0.1) is 0 Å². The monoisotopic (exact) mass is 470 g/mol. The summed E-state index contributed by atoms with van der Waals surface area (Å²) in [6, 6.07) is 9.26. The van der Waals surface area contributed by atoms with E-state index in [0.717, 1.165) is 5.56 Å². The quantitative estimate of drug-likeness (QED) is 0.339. The van der Waals surface area contributed by atoms with Crippen LogP contribution in [-0.4, -0.2) is 42.6 Å². The molecule has 0 radical (unpaired) electrons. The van der Waals surface area contributed by atoms with Gasteiger partial charge in [-0.3, -0.25) is 14.4 Å². The first-order valence-corrected chi connectivity index (χ1v) is 10.1. The number of fused-ring (bicyclic) bond motifs is 1. The summed E-state index contributed by atoms with van der Waals surface area (Å²) in [5, 5.41) is 8.79. The van der Waals surface area contributed by atoms with E-state index in [1.807, 2.05) is 0 Å². The van der Waals surface area contributed by atoms with Crippen LogP contribution in [0.2, 0.25) is 0 Å². The second-order valence-electron chi connectivity index (χ2n) is 7.83. The number of alkyl halides is 3. The Hall–Kier alpha value is -4.06. The molecule has 1 aliphatic rings. The maximum absolute atomic E-state index is 13.9. The average Bonchev–Trinajstić information content (AvgIpc) is 3.56. The predicted octanol–water partition coefficient (Wildman–Crippen LogP) is 3.41. The van der Waals surface area contributed by atoms with Crippen LogP contribution in [0.5, 0.6) is 5.88 Å². The van der Waals surface area contributed by atoms with Crippen LogP contribution in [0.15, 0.2) is 48.9 Å². The number of hydroxylamine groups is 1. The van der Waals surface area contributed by atoms with Crippen molar-refractivity contribution in [3.8, 4) is 17.3 Å². The number of ether oxygens (including phenoxy) is 1. The molecule has 3 aromatic heterocycles. The second-order valence-corrected chi connectivity index (χ2v) is 7.83. The molecule has 1 aliphatic carbocycles. The standard InChI is InChI=1S/C22H17F3N6O3/c1-34-16-10-15-29-18(22(23,24)25)17(31(15)11-27-16)14-6-9-26-20(28-14)21(7-8-21)13-4-2-12(3-5-13)19(32)30-33/h2-6,9-11,33H,7-8H2,1H3,(H,30,32). The molecule has 0 atom stereocenters. The van der Waals surface area contributed by atoms with Crippen LogP contribution in [0.4, 0.5) is 13.2 Å². The van der Waals surface area contributed by atoms with Crippen molar-refractivity contribution in [2.24, 2.45) is 0 Å². The molecular weight excluding hydrogens is 453 g/mol. The number of rotatable bonds is 5. The van der Waals surface area contributed by atoms with E-state index in [1.165, 1.54) is 36.2 Å². The van der Waals surface area contributed by atoms with Crippen molar-refractivity contribution in [1.29, 1.82) is 0 Å². The Morgan fingerprint density at radius 1 is 1.15 bits per heavy atom. The molecule has 0 aliphatic heterocycles. The Bertz CT molecular complexity index is 1400. The number of amides is 1. The molecule has 5 rings (SSSR count). The fourth-order valence-corrected chi connectivity index (χ4v) is 3.98. The number of nitrogens with one attached hydrogen (secondary N) is 1. The number of carbonyl (C=O) groups excluding carboxylic acids is 1. The van der Waals surface area contributed by atoms with Crippen molar-refractivity contribution in [2.75, 3.05) is 7.11 Å². The van der Waals surface area contributed by atoms with Gasteiger partial charge in [0.05, 0.1) is 18.2 Å². The predicted molar refractivity (Wildman–Crippen MR) is 111 cm³/mol. The van der Waals surface area contributed by atoms with E-state index in [0.29, 0.717) is 18.7 Å². The Balaban J connectivity index is 1.61. The van der Waals surface area contributed by atoms with Gasteiger partial charge in [-0.05, 0) is 36.6 Å². The highest BCUT2D eigenvalue weighted by atomic mass is 19.4. The van der Waals surface area contributed by atoms with Gasteiger partial charge < -0.3 is 4.74 Å². The number of hydrogen-bond acceptors (Lipinski definition) is 7. The topological polar surface area (TPSA) is 115 Å². The maximum Gasteiger partial charge on any atom is 0.435 e. The molecule has 0 unspecified atom stereocenters. The molecule has 9 nitrogen and oxygen atoms in total. The number of hydrogen-bond donors (Lipinski definition) is 2. The zero-order chi connectivity index (χ0) is 24.1. The molecule has 0 bridgehead atoms. The normalized spacial score (nSPS) is 14.7. The summed E-state index contributed by atoms with van der Waals surface area (Å²) in [5.74, 6) is -0.141. The van der Waals surface area contributed by atoms with Crippen molar-refractivity contribution in [3.05, 3.63) is 71.6 Å². The zero-order valence-electron chi connectivity index (χ0n) is 17.7.